The molecule has 2 rings (SSSR count). The fourth-order valence-corrected chi connectivity index (χ4v) is 1.08. The Bertz CT molecular complexity index is 520. The van der Waals surface area contributed by atoms with Crippen LogP contribution in [0.5, 0.6) is 0 Å². The van der Waals surface area contributed by atoms with Crippen molar-refractivity contribution in [2.24, 2.45) is 0 Å². The molecule has 0 aliphatic carbocycles. The summed E-state index contributed by atoms with van der Waals surface area (Å²) in [7, 11) is 0. The molecule has 0 spiro atoms. The molecule has 0 amide bonds. The summed E-state index contributed by atoms with van der Waals surface area (Å²) in [6.45, 7) is 0. The summed E-state index contributed by atoms with van der Waals surface area (Å²) in [5, 5.41) is 0. The van der Waals surface area contributed by atoms with Crippen molar-refractivity contribution < 1.29 is 4.39 Å². The number of aromatic nitrogens is 2. The highest BCUT2D eigenvalue weighted by Gasteiger charge is 2.02. The molecule has 0 unspecified atom stereocenters. The number of nitrogens with zero attached hydrogens (tertiary/aromatic N) is 1. The topological polar surface area (TPSA) is 71.8 Å². The summed E-state index contributed by atoms with van der Waals surface area (Å²) in [4.78, 5) is 17.1. The van der Waals surface area contributed by atoms with Crippen molar-refractivity contribution in [3.63, 3.8) is 0 Å². The molecule has 0 atom stereocenters. The highest BCUT2D eigenvalue weighted by molar-refractivity contribution is 5.77. The van der Waals surface area contributed by atoms with Crippen molar-refractivity contribution >= 4 is 16.7 Å². The fraction of sp³-hybridized carbons (Fsp3) is 0. The molecule has 0 saturated carbocycles. The van der Waals surface area contributed by atoms with Crippen LogP contribution in [0.4, 0.5) is 10.1 Å². The Kier molecular flexibility index (Phi) is 1.51. The normalized spacial score (nSPS) is 10.5. The van der Waals surface area contributed by atoms with Crippen LogP contribution < -0.4 is 11.3 Å². The molecule has 66 valence electrons. The number of halogens is 1. The zero-order chi connectivity index (χ0) is 9.42. The second-order valence-corrected chi connectivity index (χ2v) is 2.64. The van der Waals surface area contributed by atoms with Gasteiger partial charge in [-0.1, -0.05) is 0 Å². The van der Waals surface area contributed by atoms with Crippen molar-refractivity contribution in [2.75, 3.05) is 5.73 Å². The van der Waals surface area contributed by atoms with Gasteiger partial charge in [-0.3, -0.25) is 4.79 Å². The lowest BCUT2D eigenvalue weighted by Gasteiger charge is -1.98. The molecule has 1 aromatic heterocycles. The van der Waals surface area contributed by atoms with Gasteiger partial charge in [0.2, 0.25) is 0 Å². The van der Waals surface area contributed by atoms with Gasteiger partial charge in [0.25, 0.3) is 5.56 Å². The number of hydrogen-bond donors (Lipinski definition) is 2. The molecule has 0 fully saturated rings. The number of rotatable bonds is 0. The highest BCUT2D eigenvalue weighted by Crippen LogP contribution is 2.15. The number of benzene rings is 1. The number of fused-ring (bicyclic) bond motifs is 1. The first kappa shape index (κ1) is 7.72. The molecule has 4 nitrogen and oxygen atoms in total. The van der Waals surface area contributed by atoms with E-state index in [0.29, 0.717) is 11.0 Å². The van der Waals surface area contributed by atoms with Crippen LogP contribution in [0.2, 0.25) is 0 Å². The van der Waals surface area contributed by atoms with E-state index >= 15 is 0 Å². The lowest BCUT2D eigenvalue weighted by molar-refractivity contribution is 0.634. The molecule has 13 heavy (non-hydrogen) atoms. The minimum Gasteiger partial charge on any atom is -0.396 e. The monoisotopic (exact) mass is 179 g/mol. The van der Waals surface area contributed by atoms with Gasteiger partial charge in [-0.2, -0.15) is 0 Å². The van der Waals surface area contributed by atoms with Crippen LogP contribution in [0.15, 0.2) is 23.1 Å². The standard InChI is InChI=1S/C8H6FN3O/c9-4-1-6-7(2-5(4)10)12-8(13)3-11-6/h1-3H,10H2,(H,12,13). The summed E-state index contributed by atoms with van der Waals surface area (Å²) >= 11 is 0. The zero-order valence-electron chi connectivity index (χ0n) is 6.54. The third-order valence-electron chi connectivity index (χ3n) is 1.69. The third-order valence-corrected chi connectivity index (χ3v) is 1.69. The summed E-state index contributed by atoms with van der Waals surface area (Å²) in [6.07, 6.45) is 1.10. The minimum atomic E-state index is -0.535. The predicted molar refractivity (Wildman–Crippen MR) is 46.7 cm³/mol. The van der Waals surface area contributed by atoms with Gasteiger partial charge >= 0.3 is 0 Å². The number of nitrogens with one attached hydrogen (secondary N) is 1. The molecule has 3 N–H and O–H groups in total. The smallest absolute Gasteiger partial charge is 0.266 e. The Morgan fingerprint density at radius 1 is 1.46 bits per heavy atom. The predicted octanol–water partition coefficient (Wildman–Crippen LogP) is 0.644. The van der Waals surface area contributed by atoms with Crippen molar-refractivity contribution in [1.29, 1.82) is 0 Å². The molecule has 0 aliphatic rings. The molecule has 1 aromatic carbocycles. The van der Waals surface area contributed by atoms with Crippen molar-refractivity contribution in [3.05, 3.63) is 34.5 Å². The molecule has 0 radical (unpaired) electrons. The first-order chi connectivity index (χ1) is 6.16. The minimum absolute atomic E-state index is 0.00356. The van der Waals surface area contributed by atoms with Gasteiger partial charge in [-0.25, -0.2) is 9.37 Å². The molecule has 0 aliphatic heterocycles. The molecule has 2 aromatic rings. The van der Waals surface area contributed by atoms with E-state index in [0.717, 1.165) is 6.20 Å². The van der Waals surface area contributed by atoms with E-state index < -0.39 is 5.82 Å². The zero-order valence-corrected chi connectivity index (χ0v) is 6.54. The molecule has 5 heteroatoms. The lowest BCUT2D eigenvalue weighted by atomic mass is 10.2. The summed E-state index contributed by atoms with van der Waals surface area (Å²) in [5.74, 6) is -0.535. The van der Waals surface area contributed by atoms with E-state index in [1.165, 1.54) is 12.1 Å². The highest BCUT2D eigenvalue weighted by atomic mass is 19.1. The number of anilines is 1. The summed E-state index contributed by atoms with van der Waals surface area (Å²) in [5.41, 5.74) is 5.79. The van der Waals surface area contributed by atoms with E-state index in [9.17, 15) is 9.18 Å². The maximum atomic E-state index is 12.9. The van der Waals surface area contributed by atoms with E-state index in [-0.39, 0.29) is 11.2 Å². The van der Waals surface area contributed by atoms with Crippen LogP contribution in [0, 0.1) is 5.82 Å². The number of nitrogens with two attached hydrogens (primary N) is 1. The molecule has 1 heterocycles. The van der Waals surface area contributed by atoms with E-state index in [1.54, 1.807) is 0 Å². The van der Waals surface area contributed by atoms with Gasteiger partial charge < -0.3 is 10.7 Å². The van der Waals surface area contributed by atoms with E-state index in [1.807, 2.05) is 0 Å². The second-order valence-electron chi connectivity index (χ2n) is 2.64. The van der Waals surface area contributed by atoms with Gasteiger partial charge in [0.05, 0.1) is 22.9 Å². The van der Waals surface area contributed by atoms with Crippen molar-refractivity contribution in [3.8, 4) is 0 Å². The first-order valence-electron chi connectivity index (χ1n) is 3.61. The van der Waals surface area contributed by atoms with Crippen LogP contribution in [0.1, 0.15) is 0 Å². The van der Waals surface area contributed by atoms with Crippen LogP contribution >= 0.6 is 0 Å². The van der Waals surface area contributed by atoms with Gasteiger partial charge in [0.15, 0.2) is 0 Å². The number of hydrogen-bond acceptors (Lipinski definition) is 3. The Labute approximate surface area is 72.2 Å². The van der Waals surface area contributed by atoms with E-state index in [4.69, 9.17) is 5.73 Å². The fourth-order valence-electron chi connectivity index (χ4n) is 1.08. The number of nitrogen functional groups attached to an aromatic ring is 1. The largest absolute Gasteiger partial charge is 0.396 e. The maximum Gasteiger partial charge on any atom is 0.266 e. The molecule has 0 saturated heterocycles. The van der Waals surface area contributed by atoms with Crippen molar-refractivity contribution in [2.45, 2.75) is 0 Å². The van der Waals surface area contributed by atoms with Gasteiger partial charge in [-0.05, 0) is 6.07 Å². The number of H-pyrrole nitrogens is 1. The quantitative estimate of drug-likeness (QED) is 0.583. The van der Waals surface area contributed by atoms with Gasteiger partial charge in [0, 0.05) is 6.07 Å². The van der Waals surface area contributed by atoms with E-state index in [2.05, 4.69) is 9.97 Å². The Morgan fingerprint density at radius 3 is 3.00 bits per heavy atom. The molecule has 0 bridgehead atoms. The van der Waals surface area contributed by atoms with Gasteiger partial charge in [-0.15, -0.1) is 0 Å². The second kappa shape index (κ2) is 2.55. The maximum absolute atomic E-state index is 12.9. The Balaban J connectivity index is 2.89. The SMILES string of the molecule is Nc1cc2[nH]c(=O)cnc2cc1F. The third kappa shape index (κ3) is 1.24. The average Bonchev–Trinajstić information content (AvgIpc) is 2.08. The van der Waals surface area contributed by atoms with Crippen LogP contribution in [0.3, 0.4) is 0 Å². The van der Waals surface area contributed by atoms with Crippen LogP contribution in [-0.2, 0) is 0 Å². The van der Waals surface area contributed by atoms with Crippen LogP contribution in [0.25, 0.3) is 11.0 Å². The summed E-state index contributed by atoms with van der Waals surface area (Å²) in [6, 6.07) is 2.53. The lowest BCUT2D eigenvalue weighted by Crippen LogP contribution is -2.05. The Hall–Kier alpha value is -1.91. The molecular formula is C8H6FN3O. The van der Waals surface area contributed by atoms with Crippen molar-refractivity contribution in [1.82, 2.24) is 9.97 Å². The van der Waals surface area contributed by atoms with Gasteiger partial charge in [0.1, 0.15) is 5.82 Å². The first-order valence-corrected chi connectivity index (χ1v) is 3.61. The molecular weight excluding hydrogens is 173 g/mol. The summed E-state index contributed by atoms with van der Waals surface area (Å²) < 4.78 is 12.9. The Morgan fingerprint density at radius 2 is 2.23 bits per heavy atom. The number of aromatic amines is 1. The van der Waals surface area contributed by atoms with Crippen LogP contribution in [-0.4, -0.2) is 9.97 Å². The average molecular weight is 179 g/mol.